The third-order valence-electron chi connectivity index (χ3n) is 5.81. The Morgan fingerprint density at radius 3 is 2.81 bits per heavy atom. The molecule has 7 heteroatoms. The lowest BCUT2D eigenvalue weighted by molar-refractivity contribution is -0.384. The second-order valence-corrected chi connectivity index (χ2v) is 8.02. The maximum absolute atomic E-state index is 12.7. The van der Waals surface area contributed by atoms with E-state index in [4.69, 9.17) is 9.15 Å². The summed E-state index contributed by atoms with van der Waals surface area (Å²) in [5, 5.41) is 14.8. The van der Waals surface area contributed by atoms with Crippen LogP contribution in [-0.4, -0.2) is 17.4 Å². The lowest BCUT2D eigenvalue weighted by Gasteiger charge is -2.15. The van der Waals surface area contributed by atoms with Crippen molar-refractivity contribution in [2.24, 2.45) is 0 Å². The molecule has 0 saturated heterocycles. The zero-order valence-electron chi connectivity index (χ0n) is 18.5. The number of carbonyl (C=O) groups excluding carboxylic acids is 1. The number of anilines is 1. The largest absolute Gasteiger partial charge is 0.493 e. The van der Waals surface area contributed by atoms with E-state index < -0.39 is 4.92 Å². The van der Waals surface area contributed by atoms with Gasteiger partial charge in [0.15, 0.2) is 0 Å². The molecule has 0 fully saturated rings. The SMILES string of the molecule is CCOc1c(/C(C)=C/C(=O)Nc2cccc([N+](=O)[O-])c2)cc2c3c(oc2c1C)CCCC3. The van der Waals surface area contributed by atoms with Crippen LogP contribution in [0.3, 0.4) is 0 Å². The zero-order chi connectivity index (χ0) is 22.8. The highest BCUT2D eigenvalue weighted by Gasteiger charge is 2.23. The van der Waals surface area contributed by atoms with E-state index in [9.17, 15) is 14.9 Å². The number of furan rings is 1. The molecule has 1 N–H and O–H groups in total. The summed E-state index contributed by atoms with van der Waals surface area (Å²) in [6.07, 6.45) is 5.71. The van der Waals surface area contributed by atoms with Gasteiger partial charge in [0.1, 0.15) is 17.1 Å². The summed E-state index contributed by atoms with van der Waals surface area (Å²) in [5.41, 5.74) is 4.93. The molecule has 7 nitrogen and oxygen atoms in total. The van der Waals surface area contributed by atoms with Crippen LogP contribution in [0, 0.1) is 17.0 Å². The van der Waals surface area contributed by atoms with Crippen molar-refractivity contribution in [1.82, 2.24) is 0 Å². The van der Waals surface area contributed by atoms with E-state index in [1.807, 2.05) is 20.8 Å². The Morgan fingerprint density at radius 1 is 1.28 bits per heavy atom. The lowest BCUT2D eigenvalue weighted by atomic mass is 9.93. The van der Waals surface area contributed by atoms with Gasteiger partial charge in [0.05, 0.1) is 11.5 Å². The standard InChI is InChI=1S/C25H26N2O5/c1-4-31-24-16(3)25-21(19-10-5-6-11-22(19)32-25)14-20(24)15(2)12-23(28)26-17-8-7-9-18(13-17)27(29)30/h7-9,12-14H,4-6,10-11H2,1-3H3,(H,26,28)/b15-12+. The van der Waals surface area contributed by atoms with Gasteiger partial charge in [0.2, 0.25) is 5.91 Å². The van der Waals surface area contributed by atoms with Gasteiger partial charge in [-0.15, -0.1) is 0 Å². The Hall–Kier alpha value is -3.61. The van der Waals surface area contributed by atoms with Crippen LogP contribution < -0.4 is 10.1 Å². The first-order valence-electron chi connectivity index (χ1n) is 10.8. The van der Waals surface area contributed by atoms with Crippen molar-refractivity contribution in [3.63, 3.8) is 0 Å². The van der Waals surface area contributed by atoms with E-state index >= 15 is 0 Å². The van der Waals surface area contributed by atoms with E-state index in [1.165, 1.54) is 29.8 Å². The monoisotopic (exact) mass is 434 g/mol. The minimum atomic E-state index is -0.491. The predicted molar refractivity (Wildman–Crippen MR) is 124 cm³/mol. The van der Waals surface area contributed by atoms with Gasteiger partial charge < -0.3 is 14.5 Å². The summed E-state index contributed by atoms with van der Waals surface area (Å²) in [6.45, 7) is 6.27. The van der Waals surface area contributed by atoms with E-state index in [1.54, 1.807) is 6.07 Å². The van der Waals surface area contributed by atoms with Crippen LogP contribution in [0.5, 0.6) is 5.75 Å². The van der Waals surface area contributed by atoms with Crippen LogP contribution in [0.1, 0.15) is 49.1 Å². The molecule has 1 amide bonds. The van der Waals surface area contributed by atoms with Gasteiger partial charge in [0.25, 0.3) is 5.69 Å². The number of amides is 1. The molecule has 0 radical (unpaired) electrons. The summed E-state index contributed by atoms with van der Waals surface area (Å²) in [6, 6.07) is 7.94. The molecule has 0 spiro atoms. The number of non-ortho nitro benzene ring substituents is 1. The number of nitrogens with zero attached hydrogens (tertiary/aromatic N) is 1. The molecule has 0 bridgehead atoms. The average molecular weight is 434 g/mol. The predicted octanol–water partition coefficient (Wildman–Crippen LogP) is 5.97. The first kappa shape index (κ1) is 21.6. The second-order valence-electron chi connectivity index (χ2n) is 8.02. The number of allylic oxidation sites excluding steroid dienone is 1. The van der Waals surface area contributed by atoms with Gasteiger partial charge in [-0.2, -0.15) is 0 Å². The zero-order valence-corrected chi connectivity index (χ0v) is 18.5. The number of nitrogens with one attached hydrogen (secondary N) is 1. The fraction of sp³-hybridized carbons (Fsp3) is 0.320. The van der Waals surface area contributed by atoms with Crippen molar-refractivity contribution >= 4 is 33.8 Å². The number of ether oxygens (including phenoxy) is 1. The Kier molecular flexibility index (Phi) is 5.99. The Bertz CT molecular complexity index is 1240. The number of hydrogen-bond acceptors (Lipinski definition) is 5. The van der Waals surface area contributed by atoms with Crippen LogP contribution in [-0.2, 0) is 17.6 Å². The first-order valence-corrected chi connectivity index (χ1v) is 10.8. The maximum atomic E-state index is 12.7. The number of carbonyl (C=O) groups is 1. The van der Waals surface area contributed by atoms with Gasteiger partial charge in [-0.3, -0.25) is 14.9 Å². The quantitative estimate of drug-likeness (QED) is 0.293. The van der Waals surface area contributed by atoms with Crippen LogP contribution in [0.15, 0.2) is 40.8 Å². The van der Waals surface area contributed by atoms with Crippen molar-refractivity contribution in [1.29, 1.82) is 0 Å². The van der Waals surface area contributed by atoms with Crippen molar-refractivity contribution in [3.05, 3.63) is 69.0 Å². The molecular weight excluding hydrogens is 408 g/mol. The van der Waals surface area contributed by atoms with E-state index in [-0.39, 0.29) is 11.6 Å². The van der Waals surface area contributed by atoms with Gasteiger partial charge in [-0.1, -0.05) is 6.07 Å². The molecular formula is C25H26N2O5. The highest BCUT2D eigenvalue weighted by molar-refractivity contribution is 6.05. The molecule has 1 aromatic heterocycles. The normalized spacial score (nSPS) is 13.7. The molecule has 2 aromatic carbocycles. The van der Waals surface area contributed by atoms with Gasteiger partial charge in [0, 0.05) is 52.4 Å². The van der Waals surface area contributed by atoms with Crippen LogP contribution in [0.4, 0.5) is 11.4 Å². The lowest BCUT2D eigenvalue weighted by Crippen LogP contribution is -2.09. The van der Waals surface area contributed by atoms with Crippen LogP contribution in [0.2, 0.25) is 0 Å². The number of hydrogen-bond donors (Lipinski definition) is 1. The summed E-state index contributed by atoms with van der Waals surface area (Å²) in [4.78, 5) is 23.1. The number of fused-ring (bicyclic) bond motifs is 3. The summed E-state index contributed by atoms with van der Waals surface area (Å²) >= 11 is 0. The van der Waals surface area contributed by atoms with Gasteiger partial charge in [-0.05, 0) is 57.7 Å². The third kappa shape index (κ3) is 4.10. The van der Waals surface area contributed by atoms with E-state index in [2.05, 4.69) is 11.4 Å². The summed E-state index contributed by atoms with van der Waals surface area (Å²) in [7, 11) is 0. The minimum Gasteiger partial charge on any atom is -0.493 e. The smallest absolute Gasteiger partial charge is 0.271 e. The number of nitro benzene ring substituents is 1. The Morgan fingerprint density at radius 2 is 2.06 bits per heavy atom. The molecule has 3 aromatic rings. The molecule has 166 valence electrons. The van der Waals surface area contributed by atoms with E-state index in [0.29, 0.717) is 18.0 Å². The maximum Gasteiger partial charge on any atom is 0.271 e. The molecule has 0 aliphatic heterocycles. The minimum absolute atomic E-state index is 0.0760. The number of rotatable bonds is 6. The van der Waals surface area contributed by atoms with Crippen LogP contribution >= 0.6 is 0 Å². The highest BCUT2D eigenvalue weighted by Crippen LogP contribution is 2.41. The van der Waals surface area contributed by atoms with Crippen molar-refractivity contribution in [2.75, 3.05) is 11.9 Å². The number of benzene rings is 2. The molecule has 4 rings (SSSR count). The molecule has 0 unspecified atom stereocenters. The number of aryl methyl sites for hydroxylation is 3. The van der Waals surface area contributed by atoms with Crippen molar-refractivity contribution in [2.45, 2.75) is 46.5 Å². The van der Waals surface area contributed by atoms with E-state index in [0.717, 1.165) is 59.1 Å². The number of nitro groups is 1. The molecule has 1 heterocycles. The molecule has 1 aliphatic carbocycles. The summed E-state index contributed by atoms with van der Waals surface area (Å²) < 4.78 is 12.2. The van der Waals surface area contributed by atoms with Crippen LogP contribution in [0.25, 0.3) is 16.5 Å². The topological polar surface area (TPSA) is 94.6 Å². The van der Waals surface area contributed by atoms with Crippen molar-refractivity contribution < 1.29 is 18.9 Å². The fourth-order valence-electron chi connectivity index (χ4n) is 4.31. The molecule has 0 saturated carbocycles. The highest BCUT2D eigenvalue weighted by atomic mass is 16.6. The Balaban J connectivity index is 1.71. The molecule has 1 aliphatic rings. The van der Waals surface area contributed by atoms with Gasteiger partial charge in [-0.25, -0.2) is 0 Å². The second kappa shape index (κ2) is 8.86. The molecule has 0 atom stereocenters. The third-order valence-corrected chi connectivity index (χ3v) is 5.81. The first-order chi connectivity index (χ1) is 15.4. The fourth-order valence-corrected chi connectivity index (χ4v) is 4.31. The van der Waals surface area contributed by atoms with Gasteiger partial charge >= 0.3 is 0 Å². The van der Waals surface area contributed by atoms with Crippen molar-refractivity contribution in [3.8, 4) is 5.75 Å². The Labute approximate surface area is 186 Å². The molecule has 32 heavy (non-hydrogen) atoms. The average Bonchev–Trinajstić information content (AvgIpc) is 3.14. The summed E-state index contributed by atoms with van der Waals surface area (Å²) in [5.74, 6) is 1.40.